The van der Waals surface area contributed by atoms with Crippen molar-refractivity contribution >= 4 is 34.8 Å². The van der Waals surface area contributed by atoms with Gasteiger partial charge in [0, 0.05) is 13.0 Å². The van der Waals surface area contributed by atoms with Gasteiger partial charge in [0.15, 0.2) is 0 Å². The number of amides is 1. The topological polar surface area (TPSA) is 66.9 Å². The van der Waals surface area contributed by atoms with Gasteiger partial charge >= 0.3 is 0 Å². The highest BCUT2D eigenvalue weighted by Crippen LogP contribution is 2.28. The van der Waals surface area contributed by atoms with Crippen LogP contribution in [0.1, 0.15) is 38.6 Å². The van der Waals surface area contributed by atoms with Crippen LogP contribution in [0.5, 0.6) is 0 Å². The third kappa shape index (κ3) is 4.40. The summed E-state index contributed by atoms with van der Waals surface area (Å²) < 4.78 is 0. The molecule has 0 bridgehead atoms. The van der Waals surface area contributed by atoms with Crippen LogP contribution in [-0.4, -0.2) is 29.2 Å². The molecule has 5 nitrogen and oxygen atoms in total. The number of hydrogen-bond donors (Lipinski definition) is 2. The van der Waals surface area contributed by atoms with Crippen LogP contribution >= 0.6 is 23.7 Å². The quantitative estimate of drug-likeness (QED) is 0.895. The Kier molecular flexibility index (Phi) is 6.36. The predicted octanol–water partition coefficient (Wildman–Crippen LogP) is 2.49. The second-order valence-electron chi connectivity index (χ2n) is 5.89. The lowest BCUT2D eigenvalue weighted by molar-refractivity contribution is -0.125. The van der Waals surface area contributed by atoms with E-state index in [0.717, 1.165) is 37.4 Å². The Morgan fingerprint density at radius 2 is 2.25 bits per heavy atom. The van der Waals surface area contributed by atoms with Crippen molar-refractivity contribution in [1.82, 2.24) is 15.5 Å². The highest BCUT2D eigenvalue weighted by Gasteiger charge is 2.35. The van der Waals surface area contributed by atoms with Crippen LogP contribution in [0.2, 0.25) is 0 Å². The number of carbonyl (C=O) groups is 1. The van der Waals surface area contributed by atoms with E-state index < -0.39 is 0 Å². The van der Waals surface area contributed by atoms with E-state index in [1.807, 2.05) is 6.92 Å². The fraction of sp³-hybridized carbons (Fsp3) is 0.769. The number of halogens is 1. The fourth-order valence-corrected chi connectivity index (χ4v) is 3.18. The summed E-state index contributed by atoms with van der Waals surface area (Å²) in [6, 6.07) is 0. The van der Waals surface area contributed by atoms with Gasteiger partial charge < -0.3 is 10.6 Å². The summed E-state index contributed by atoms with van der Waals surface area (Å²) in [7, 11) is 0. The largest absolute Gasteiger partial charge is 0.316 e. The second kappa shape index (κ2) is 7.33. The molecule has 1 amide bonds. The summed E-state index contributed by atoms with van der Waals surface area (Å²) in [5.74, 6) is 0.600. The van der Waals surface area contributed by atoms with E-state index in [0.29, 0.717) is 11.0 Å². The number of nitrogens with one attached hydrogen (secondary N) is 2. The molecule has 20 heavy (non-hydrogen) atoms. The lowest BCUT2D eigenvalue weighted by Gasteiger charge is -2.32. The van der Waals surface area contributed by atoms with E-state index >= 15 is 0 Å². The van der Waals surface area contributed by atoms with Gasteiger partial charge in [-0.15, -0.1) is 22.6 Å². The van der Waals surface area contributed by atoms with Crippen molar-refractivity contribution in [3.8, 4) is 0 Å². The molecular formula is C13H23ClN4OS. The number of piperidine rings is 1. The molecular weight excluding hydrogens is 296 g/mol. The van der Waals surface area contributed by atoms with Crippen molar-refractivity contribution in [2.24, 2.45) is 11.3 Å². The number of hydrogen-bond acceptors (Lipinski definition) is 5. The zero-order valence-corrected chi connectivity index (χ0v) is 13.9. The Bertz CT molecular complexity index is 443. The Hall–Kier alpha value is -0.720. The summed E-state index contributed by atoms with van der Waals surface area (Å²) >= 11 is 1.48. The Labute approximate surface area is 130 Å². The van der Waals surface area contributed by atoms with Crippen molar-refractivity contribution in [3.05, 3.63) is 5.01 Å². The fourth-order valence-electron chi connectivity index (χ4n) is 2.23. The third-order valence-corrected chi connectivity index (χ3v) is 4.28. The van der Waals surface area contributed by atoms with Crippen LogP contribution < -0.4 is 10.6 Å². The molecule has 1 aliphatic rings. The molecule has 2 N–H and O–H groups in total. The lowest BCUT2D eigenvalue weighted by Crippen LogP contribution is -2.46. The molecule has 1 fully saturated rings. The van der Waals surface area contributed by atoms with Gasteiger partial charge in [0.2, 0.25) is 11.0 Å². The van der Waals surface area contributed by atoms with Gasteiger partial charge in [0.25, 0.3) is 0 Å². The Balaban J connectivity index is 0.00000200. The number of carbonyl (C=O) groups excluding carboxylic acids is 1. The molecule has 0 saturated carbocycles. The molecule has 0 spiro atoms. The first-order valence-corrected chi connectivity index (χ1v) is 7.66. The highest BCUT2D eigenvalue weighted by atomic mass is 35.5. The number of nitrogens with zero attached hydrogens (tertiary/aromatic N) is 2. The molecule has 1 aromatic rings. The molecule has 1 aliphatic heterocycles. The summed E-state index contributed by atoms with van der Waals surface area (Å²) in [6.45, 7) is 8.03. The molecule has 0 aliphatic carbocycles. The van der Waals surface area contributed by atoms with E-state index in [-0.39, 0.29) is 23.7 Å². The minimum absolute atomic E-state index is 0. The van der Waals surface area contributed by atoms with Crippen LogP contribution in [0.4, 0.5) is 5.13 Å². The van der Waals surface area contributed by atoms with Crippen LogP contribution in [0, 0.1) is 11.3 Å². The van der Waals surface area contributed by atoms with Gasteiger partial charge in [0.05, 0.1) is 5.41 Å². The first kappa shape index (κ1) is 17.3. The highest BCUT2D eigenvalue weighted by molar-refractivity contribution is 7.15. The summed E-state index contributed by atoms with van der Waals surface area (Å²) in [6.07, 6.45) is 2.87. The van der Waals surface area contributed by atoms with Crippen LogP contribution in [-0.2, 0) is 11.2 Å². The lowest BCUT2D eigenvalue weighted by atomic mass is 9.82. The molecule has 2 rings (SSSR count). The molecule has 1 unspecified atom stereocenters. The molecule has 114 valence electrons. The molecule has 1 atom stereocenters. The van der Waals surface area contributed by atoms with Crippen LogP contribution in [0.15, 0.2) is 0 Å². The van der Waals surface area contributed by atoms with Crippen molar-refractivity contribution in [3.63, 3.8) is 0 Å². The summed E-state index contributed by atoms with van der Waals surface area (Å²) in [4.78, 5) is 12.3. The molecule has 1 saturated heterocycles. The SMILES string of the molecule is CC(C)Cc1nnc(NC(=O)C2(C)CCCNC2)s1.Cl. The standard InChI is InChI=1S/C13H22N4OS.ClH/c1-9(2)7-10-16-17-12(19-10)15-11(18)13(3)5-4-6-14-8-13;/h9,14H,4-8H2,1-3H3,(H,15,17,18);1H. The van der Waals surface area contributed by atoms with E-state index in [1.165, 1.54) is 11.3 Å². The molecule has 2 heterocycles. The summed E-state index contributed by atoms with van der Waals surface area (Å²) in [5, 5.41) is 16.0. The van der Waals surface area contributed by atoms with Crippen molar-refractivity contribution in [2.75, 3.05) is 18.4 Å². The Morgan fingerprint density at radius 1 is 1.50 bits per heavy atom. The molecule has 0 aromatic carbocycles. The maximum Gasteiger partial charge on any atom is 0.233 e. The first-order chi connectivity index (χ1) is 8.99. The van der Waals surface area contributed by atoms with E-state index in [9.17, 15) is 4.79 Å². The zero-order valence-electron chi connectivity index (χ0n) is 12.2. The number of aromatic nitrogens is 2. The van der Waals surface area contributed by atoms with Crippen molar-refractivity contribution < 1.29 is 4.79 Å². The monoisotopic (exact) mass is 318 g/mol. The van der Waals surface area contributed by atoms with Gasteiger partial charge in [0.1, 0.15) is 5.01 Å². The van der Waals surface area contributed by atoms with Gasteiger partial charge in [-0.1, -0.05) is 25.2 Å². The average molecular weight is 319 g/mol. The van der Waals surface area contributed by atoms with Gasteiger partial charge in [-0.05, 0) is 32.2 Å². The van der Waals surface area contributed by atoms with Crippen LogP contribution in [0.3, 0.4) is 0 Å². The van der Waals surface area contributed by atoms with Crippen molar-refractivity contribution in [2.45, 2.75) is 40.0 Å². The van der Waals surface area contributed by atoms with E-state index in [1.54, 1.807) is 0 Å². The second-order valence-corrected chi connectivity index (χ2v) is 6.96. The smallest absolute Gasteiger partial charge is 0.233 e. The minimum Gasteiger partial charge on any atom is -0.316 e. The third-order valence-electron chi connectivity index (χ3n) is 3.42. The van der Waals surface area contributed by atoms with Gasteiger partial charge in [-0.3, -0.25) is 4.79 Å². The van der Waals surface area contributed by atoms with Crippen molar-refractivity contribution in [1.29, 1.82) is 0 Å². The minimum atomic E-state index is -0.331. The summed E-state index contributed by atoms with van der Waals surface area (Å²) in [5.41, 5.74) is -0.331. The molecule has 1 aromatic heterocycles. The zero-order chi connectivity index (χ0) is 13.9. The molecule has 0 radical (unpaired) electrons. The van der Waals surface area contributed by atoms with E-state index in [2.05, 4.69) is 34.7 Å². The number of anilines is 1. The molecule has 7 heteroatoms. The Morgan fingerprint density at radius 3 is 2.85 bits per heavy atom. The predicted molar refractivity (Wildman–Crippen MR) is 84.5 cm³/mol. The van der Waals surface area contributed by atoms with Crippen LogP contribution in [0.25, 0.3) is 0 Å². The van der Waals surface area contributed by atoms with Gasteiger partial charge in [-0.2, -0.15) is 0 Å². The first-order valence-electron chi connectivity index (χ1n) is 6.84. The average Bonchev–Trinajstić information content (AvgIpc) is 2.76. The number of rotatable bonds is 4. The van der Waals surface area contributed by atoms with E-state index in [4.69, 9.17) is 0 Å². The van der Waals surface area contributed by atoms with Gasteiger partial charge in [-0.25, -0.2) is 0 Å². The maximum absolute atomic E-state index is 12.3. The maximum atomic E-state index is 12.3. The normalized spacial score (nSPS) is 22.4.